The molecule has 0 saturated carbocycles. The van der Waals surface area contributed by atoms with Crippen LogP contribution in [0.4, 0.5) is 0 Å². The molecule has 2 saturated heterocycles. The quantitative estimate of drug-likeness (QED) is 0.503. The van der Waals surface area contributed by atoms with Gasteiger partial charge in [0.15, 0.2) is 0 Å². The van der Waals surface area contributed by atoms with E-state index in [-0.39, 0.29) is 24.7 Å². The Hall–Kier alpha value is -0.650. The Morgan fingerprint density at radius 3 is 2.62 bits per heavy atom. The van der Waals surface area contributed by atoms with Gasteiger partial charge in [-0.1, -0.05) is 0 Å². The van der Waals surface area contributed by atoms with E-state index < -0.39 is 0 Å². The van der Waals surface area contributed by atoms with E-state index >= 15 is 0 Å². The number of hydrogen-bond acceptors (Lipinski definition) is 4. The first-order chi connectivity index (χ1) is 6.29. The van der Waals surface area contributed by atoms with Gasteiger partial charge in [-0.15, -0.1) is 0 Å². The van der Waals surface area contributed by atoms with Gasteiger partial charge in [0.2, 0.25) is 5.91 Å². The number of amides is 1. The number of morpholine rings is 2. The lowest BCUT2D eigenvalue weighted by atomic mass is 10.1. The summed E-state index contributed by atoms with van der Waals surface area (Å²) >= 11 is 0. The summed E-state index contributed by atoms with van der Waals surface area (Å²) in [6.07, 6.45) is 0.311. The molecule has 2 bridgehead atoms. The van der Waals surface area contributed by atoms with Crippen LogP contribution in [0.5, 0.6) is 0 Å². The lowest BCUT2D eigenvalue weighted by Crippen LogP contribution is -2.60. The maximum Gasteiger partial charge on any atom is 0.236 e. The number of ether oxygens (including phenoxy) is 1. The highest BCUT2D eigenvalue weighted by atomic mass is 16.5. The highest BCUT2D eigenvalue weighted by Crippen LogP contribution is 2.13. The highest BCUT2D eigenvalue weighted by Gasteiger charge is 2.32. The van der Waals surface area contributed by atoms with Crippen molar-refractivity contribution in [3.8, 4) is 0 Å². The molecule has 2 fully saturated rings. The van der Waals surface area contributed by atoms with Crippen molar-refractivity contribution in [3.05, 3.63) is 0 Å². The predicted molar refractivity (Wildman–Crippen MR) is 47.2 cm³/mol. The zero-order chi connectivity index (χ0) is 9.26. The van der Waals surface area contributed by atoms with Crippen molar-refractivity contribution in [1.82, 2.24) is 10.2 Å². The Bertz CT molecular complexity index is 198. The van der Waals surface area contributed by atoms with Crippen molar-refractivity contribution < 1.29 is 9.53 Å². The van der Waals surface area contributed by atoms with Crippen LogP contribution in [-0.2, 0) is 9.53 Å². The molecule has 0 aliphatic carbocycles. The number of rotatable bonds is 1. The standard InChI is InChI=1S/C8H15N3O2/c9-1-8(12)11-4-6-2-10-3-7(5-11)13-6/h6-7,10H,1-5,9H2. The largest absolute Gasteiger partial charge is 0.369 e. The van der Waals surface area contributed by atoms with E-state index in [0.29, 0.717) is 13.1 Å². The van der Waals surface area contributed by atoms with Crippen molar-refractivity contribution in [3.63, 3.8) is 0 Å². The number of hydrogen-bond donors (Lipinski definition) is 2. The lowest BCUT2D eigenvalue weighted by molar-refractivity contribution is -0.147. The van der Waals surface area contributed by atoms with Crippen LogP contribution in [0.15, 0.2) is 0 Å². The molecule has 2 aliphatic rings. The average molecular weight is 185 g/mol. The van der Waals surface area contributed by atoms with Gasteiger partial charge in [0.1, 0.15) is 0 Å². The van der Waals surface area contributed by atoms with Gasteiger partial charge in [-0.2, -0.15) is 0 Å². The molecular weight excluding hydrogens is 170 g/mol. The molecule has 0 aromatic rings. The van der Waals surface area contributed by atoms with Gasteiger partial charge >= 0.3 is 0 Å². The number of carbonyl (C=O) groups excluding carboxylic acids is 1. The third-order valence-corrected chi connectivity index (χ3v) is 2.50. The second kappa shape index (κ2) is 3.61. The van der Waals surface area contributed by atoms with Crippen LogP contribution in [0.3, 0.4) is 0 Å². The van der Waals surface area contributed by atoms with Crippen LogP contribution in [0.1, 0.15) is 0 Å². The monoisotopic (exact) mass is 185 g/mol. The molecule has 13 heavy (non-hydrogen) atoms. The van der Waals surface area contributed by atoms with E-state index in [4.69, 9.17) is 10.5 Å². The van der Waals surface area contributed by atoms with Crippen LogP contribution < -0.4 is 11.1 Å². The first-order valence-corrected chi connectivity index (χ1v) is 4.63. The highest BCUT2D eigenvalue weighted by molar-refractivity contribution is 5.78. The van der Waals surface area contributed by atoms with Crippen molar-refractivity contribution in [2.75, 3.05) is 32.7 Å². The molecule has 0 radical (unpaired) electrons. The maximum atomic E-state index is 11.3. The number of nitrogens with one attached hydrogen (secondary N) is 1. The second-order valence-electron chi connectivity index (χ2n) is 3.54. The third kappa shape index (κ3) is 1.82. The topological polar surface area (TPSA) is 67.6 Å². The van der Waals surface area contributed by atoms with E-state index in [1.54, 1.807) is 4.90 Å². The number of nitrogens with two attached hydrogens (primary N) is 1. The summed E-state index contributed by atoms with van der Waals surface area (Å²) in [4.78, 5) is 13.1. The molecule has 1 amide bonds. The second-order valence-corrected chi connectivity index (χ2v) is 3.54. The Balaban J connectivity index is 1.97. The summed E-state index contributed by atoms with van der Waals surface area (Å²) in [6, 6.07) is 0. The van der Waals surface area contributed by atoms with Gasteiger partial charge in [-0.3, -0.25) is 4.79 Å². The first-order valence-electron chi connectivity index (χ1n) is 4.63. The van der Waals surface area contributed by atoms with Gasteiger partial charge in [-0.25, -0.2) is 0 Å². The van der Waals surface area contributed by atoms with Gasteiger partial charge in [0, 0.05) is 26.2 Å². The summed E-state index contributed by atoms with van der Waals surface area (Å²) in [5, 5.41) is 3.27. The Labute approximate surface area is 77.2 Å². The average Bonchev–Trinajstić information content (AvgIpc) is 2.16. The molecule has 2 heterocycles. The first kappa shape index (κ1) is 8.93. The Kier molecular flexibility index (Phi) is 2.48. The zero-order valence-electron chi connectivity index (χ0n) is 7.53. The third-order valence-electron chi connectivity index (χ3n) is 2.50. The molecule has 74 valence electrons. The minimum absolute atomic E-state index is 0.0280. The van der Waals surface area contributed by atoms with Crippen LogP contribution >= 0.6 is 0 Å². The van der Waals surface area contributed by atoms with E-state index in [0.717, 1.165) is 13.1 Å². The van der Waals surface area contributed by atoms with Gasteiger partial charge < -0.3 is 20.7 Å². The molecule has 3 N–H and O–H groups in total. The summed E-state index contributed by atoms with van der Waals surface area (Å²) < 4.78 is 5.65. The molecule has 0 spiro atoms. The van der Waals surface area contributed by atoms with Crippen LogP contribution in [0, 0.1) is 0 Å². The normalized spacial score (nSPS) is 33.2. The van der Waals surface area contributed by atoms with E-state index in [2.05, 4.69) is 5.32 Å². The van der Waals surface area contributed by atoms with E-state index in [9.17, 15) is 4.79 Å². The van der Waals surface area contributed by atoms with E-state index in [1.165, 1.54) is 0 Å². The molecule has 2 rings (SSSR count). The molecule has 5 nitrogen and oxygen atoms in total. The van der Waals surface area contributed by atoms with Crippen molar-refractivity contribution in [2.24, 2.45) is 5.73 Å². The minimum atomic E-state index is 0.0280. The van der Waals surface area contributed by atoms with Crippen LogP contribution in [0.25, 0.3) is 0 Å². The Morgan fingerprint density at radius 2 is 2.08 bits per heavy atom. The summed E-state index contributed by atoms with van der Waals surface area (Å²) in [5.41, 5.74) is 5.31. The van der Waals surface area contributed by atoms with Crippen LogP contribution in [-0.4, -0.2) is 55.7 Å². The van der Waals surface area contributed by atoms with E-state index in [1.807, 2.05) is 0 Å². The smallest absolute Gasteiger partial charge is 0.236 e. The van der Waals surface area contributed by atoms with Crippen molar-refractivity contribution in [2.45, 2.75) is 12.2 Å². The molecular formula is C8H15N3O2. The van der Waals surface area contributed by atoms with Crippen molar-refractivity contribution in [1.29, 1.82) is 0 Å². The Morgan fingerprint density at radius 1 is 1.46 bits per heavy atom. The molecule has 0 aromatic carbocycles. The van der Waals surface area contributed by atoms with Crippen LogP contribution in [0.2, 0.25) is 0 Å². The summed E-state index contributed by atoms with van der Waals surface area (Å²) in [5.74, 6) is 0.0280. The molecule has 2 unspecified atom stereocenters. The summed E-state index contributed by atoms with van der Waals surface area (Å²) in [7, 11) is 0. The van der Waals surface area contributed by atoms with Crippen molar-refractivity contribution >= 4 is 5.91 Å². The molecule has 0 aromatic heterocycles. The zero-order valence-corrected chi connectivity index (χ0v) is 7.53. The fraction of sp³-hybridized carbons (Fsp3) is 0.875. The minimum Gasteiger partial charge on any atom is -0.369 e. The number of nitrogens with zero attached hydrogens (tertiary/aromatic N) is 1. The van der Waals surface area contributed by atoms with Gasteiger partial charge in [0.25, 0.3) is 0 Å². The predicted octanol–water partition coefficient (Wildman–Crippen LogP) is -1.86. The lowest BCUT2D eigenvalue weighted by Gasteiger charge is -2.41. The van der Waals surface area contributed by atoms with Gasteiger partial charge in [0.05, 0.1) is 18.8 Å². The number of fused-ring (bicyclic) bond motifs is 2. The molecule has 2 aliphatic heterocycles. The van der Waals surface area contributed by atoms with Gasteiger partial charge in [-0.05, 0) is 0 Å². The number of carbonyl (C=O) groups is 1. The SMILES string of the molecule is NCC(=O)N1CC2CNCC(C1)O2. The maximum absolute atomic E-state index is 11.3. The molecule has 5 heteroatoms. The molecule has 2 atom stereocenters. The fourth-order valence-corrected chi connectivity index (χ4v) is 1.89. The fourth-order valence-electron chi connectivity index (χ4n) is 1.89. The summed E-state index contributed by atoms with van der Waals surface area (Å²) in [6.45, 7) is 3.14.